The van der Waals surface area contributed by atoms with Gasteiger partial charge in [0.1, 0.15) is 0 Å². The van der Waals surface area contributed by atoms with E-state index < -0.39 is 9.84 Å². The monoisotopic (exact) mass is 389 g/mol. The lowest BCUT2D eigenvalue weighted by atomic mass is 10.1. The van der Waals surface area contributed by atoms with E-state index in [-0.39, 0.29) is 29.0 Å². The lowest BCUT2D eigenvalue weighted by Gasteiger charge is -2.13. The molecule has 6 heteroatoms. The molecule has 1 aromatic rings. The summed E-state index contributed by atoms with van der Waals surface area (Å²) < 4.78 is 25.1. The molecule has 0 spiro atoms. The molecule has 0 aromatic heterocycles. The van der Waals surface area contributed by atoms with E-state index in [4.69, 9.17) is 0 Å². The molecule has 0 unspecified atom stereocenters. The number of unbranched alkanes of at least 4 members (excludes halogenated alkanes) is 2. The topological polar surface area (TPSA) is 63.2 Å². The molecule has 0 saturated heterocycles. The summed E-state index contributed by atoms with van der Waals surface area (Å²) >= 11 is 3.27. The molecule has 0 aliphatic carbocycles. The highest BCUT2D eigenvalue weighted by molar-refractivity contribution is 9.10. The summed E-state index contributed by atoms with van der Waals surface area (Å²) in [6, 6.07) is 6.55. The number of halogens is 1. The van der Waals surface area contributed by atoms with Gasteiger partial charge in [0.05, 0.1) is 10.6 Å². The Morgan fingerprint density at radius 3 is 2.45 bits per heavy atom. The number of hydrogen-bond acceptors (Lipinski definition) is 3. The third-order valence-electron chi connectivity index (χ3n) is 3.42. The summed E-state index contributed by atoms with van der Waals surface area (Å²) in [4.78, 5) is 12.1. The van der Waals surface area contributed by atoms with Gasteiger partial charge < -0.3 is 5.32 Å². The molecule has 4 nitrogen and oxygen atoms in total. The van der Waals surface area contributed by atoms with Crippen LogP contribution in [0.1, 0.15) is 46.0 Å². The molecular weight excluding hydrogens is 366 g/mol. The van der Waals surface area contributed by atoms with E-state index in [1.54, 1.807) is 24.3 Å². The fourth-order valence-electron chi connectivity index (χ4n) is 2.11. The summed E-state index contributed by atoms with van der Waals surface area (Å²) in [6.45, 7) is 4.09. The Bertz CT molecular complexity index is 570. The Labute approximate surface area is 141 Å². The second-order valence-corrected chi connectivity index (χ2v) is 8.51. The van der Waals surface area contributed by atoms with Gasteiger partial charge >= 0.3 is 0 Å². The Morgan fingerprint density at radius 2 is 1.86 bits per heavy atom. The van der Waals surface area contributed by atoms with Crippen molar-refractivity contribution < 1.29 is 13.2 Å². The van der Waals surface area contributed by atoms with Gasteiger partial charge in [-0.05, 0) is 37.6 Å². The molecule has 0 fully saturated rings. The zero-order valence-electron chi connectivity index (χ0n) is 13.1. The molecule has 22 heavy (non-hydrogen) atoms. The molecule has 124 valence electrons. The molecule has 1 atom stereocenters. The van der Waals surface area contributed by atoms with Crippen molar-refractivity contribution in [3.8, 4) is 0 Å². The third-order valence-corrected chi connectivity index (χ3v) is 5.68. The van der Waals surface area contributed by atoms with Crippen molar-refractivity contribution in [3.05, 3.63) is 28.7 Å². The zero-order chi connectivity index (χ0) is 16.6. The van der Waals surface area contributed by atoms with Crippen LogP contribution in [0, 0.1) is 0 Å². The molecule has 1 rings (SSSR count). The molecule has 0 aliphatic rings. The summed E-state index contributed by atoms with van der Waals surface area (Å²) in [6.07, 6.45) is 4.30. The van der Waals surface area contributed by atoms with Gasteiger partial charge in [-0.1, -0.05) is 42.1 Å². The minimum Gasteiger partial charge on any atom is -0.354 e. The molecule has 0 saturated carbocycles. The number of carbonyl (C=O) groups excluding carboxylic acids is 1. The SMILES string of the molecule is CCCCC[C@H](C)NC(=O)CCS(=O)(=O)c1ccc(Br)cc1. The number of carbonyl (C=O) groups is 1. The predicted octanol–water partition coefficient (Wildman–Crippen LogP) is 3.70. The van der Waals surface area contributed by atoms with Crippen LogP contribution in [0.2, 0.25) is 0 Å². The van der Waals surface area contributed by atoms with Crippen molar-refractivity contribution in [3.63, 3.8) is 0 Å². The average molecular weight is 390 g/mol. The van der Waals surface area contributed by atoms with Gasteiger partial charge in [-0.25, -0.2) is 8.42 Å². The standard InChI is InChI=1S/C16H24BrNO3S/c1-3-4-5-6-13(2)18-16(19)11-12-22(20,21)15-9-7-14(17)8-10-15/h7-10,13H,3-6,11-12H2,1-2H3,(H,18,19)/t13-/m0/s1. The van der Waals surface area contributed by atoms with Crippen LogP contribution in [0.3, 0.4) is 0 Å². The highest BCUT2D eigenvalue weighted by Crippen LogP contribution is 2.16. The first-order valence-corrected chi connectivity index (χ1v) is 10.1. The Morgan fingerprint density at radius 1 is 1.23 bits per heavy atom. The van der Waals surface area contributed by atoms with E-state index in [9.17, 15) is 13.2 Å². The summed E-state index contributed by atoms with van der Waals surface area (Å²) in [7, 11) is -3.41. The largest absolute Gasteiger partial charge is 0.354 e. The van der Waals surface area contributed by atoms with E-state index in [0.29, 0.717) is 0 Å². The highest BCUT2D eigenvalue weighted by atomic mass is 79.9. The van der Waals surface area contributed by atoms with Crippen molar-refractivity contribution in [2.75, 3.05) is 5.75 Å². The smallest absolute Gasteiger partial charge is 0.221 e. The molecule has 0 heterocycles. The number of nitrogens with one attached hydrogen (secondary N) is 1. The first-order chi connectivity index (χ1) is 10.3. The van der Waals surface area contributed by atoms with Crippen LogP contribution in [0.25, 0.3) is 0 Å². The minimum atomic E-state index is -3.41. The number of amides is 1. The van der Waals surface area contributed by atoms with E-state index in [1.165, 1.54) is 0 Å². The van der Waals surface area contributed by atoms with Gasteiger partial charge in [-0.15, -0.1) is 0 Å². The second-order valence-electron chi connectivity index (χ2n) is 5.49. The molecule has 1 aromatic carbocycles. The van der Waals surface area contributed by atoms with E-state index >= 15 is 0 Å². The number of sulfone groups is 1. The molecule has 1 N–H and O–H groups in total. The zero-order valence-corrected chi connectivity index (χ0v) is 15.5. The van der Waals surface area contributed by atoms with E-state index in [2.05, 4.69) is 28.2 Å². The lowest BCUT2D eigenvalue weighted by molar-refractivity contribution is -0.121. The van der Waals surface area contributed by atoms with Crippen molar-refractivity contribution in [1.82, 2.24) is 5.32 Å². The van der Waals surface area contributed by atoms with Crippen LogP contribution >= 0.6 is 15.9 Å². The molecule has 0 bridgehead atoms. The first kappa shape index (κ1) is 19.2. The Kier molecular flexibility index (Phi) is 8.10. The Hall–Kier alpha value is -0.880. The summed E-state index contributed by atoms with van der Waals surface area (Å²) in [5, 5.41) is 2.86. The maximum absolute atomic E-state index is 12.1. The fourth-order valence-corrected chi connectivity index (χ4v) is 3.61. The molecule has 0 radical (unpaired) electrons. The minimum absolute atomic E-state index is 0.00346. The normalized spacial score (nSPS) is 12.9. The summed E-state index contributed by atoms with van der Waals surface area (Å²) in [5.74, 6) is -0.369. The number of rotatable bonds is 9. The van der Waals surface area contributed by atoms with Gasteiger partial charge in [0.25, 0.3) is 0 Å². The fraction of sp³-hybridized carbons (Fsp3) is 0.562. The summed E-state index contributed by atoms with van der Waals surface area (Å²) in [5.41, 5.74) is 0. The van der Waals surface area contributed by atoms with Crippen molar-refractivity contribution in [2.45, 2.75) is 56.9 Å². The number of benzene rings is 1. The van der Waals surface area contributed by atoms with Gasteiger partial charge in [0.15, 0.2) is 9.84 Å². The van der Waals surface area contributed by atoms with Crippen LogP contribution in [0.15, 0.2) is 33.6 Å². The van der Waals surface area contributed by atoms with Crippen molar-refractivity contribution in [2.24, 2.45) is 0 Å². The molecular formula is C16H24BrNO3S. The second kappa shape index (κ2) is 9.30. The molecule has 1 amide bonds. The molecule has 0 aliphatic heterocycles. The Balaban J connectivity index is 2.44. The maximum atomic E-state index is 12.1. The first-order valence-electron chi connectivity index (χ1n) is 7.63. The highest BCUT2D eigenvalue weighted by Gasteiger charge is 2.17. The van der Waals surface area contributed by atoms with E-state index in [1.807, 2.05) is 6.92 Å². The van der Waals surface area contributed by atoms with Crippen LogP contribution in [0.4, 0.5) is 0 Å². The van der Waals surface area contributed by atoms with Crippen LogP contribution in [0.5, 0.6) is 0 Å². The van der Waals surface area contributed by atoms with Crippen molar-refractivity contribution in [1.29, 1.82) is 0 Å². The number of hydrogen-bond donors (Lipinski definition) is 1. The van der Waals surface area contributed by atoms with Gasteiger partial charge in [0.2, 0.25) is 5.91 Å². The third kappa shape index (κ3) is 6.92. The van der Waals surface area contributed by atoms with Crippen LogP contribution in [-0.2, 0) is 14.6 Å². The predicted molar refractivity (Wildman–Crippen MR) is 92.6 cm³/mol. The lowest BCUT2D eigenvalue weighted by Crippen LogP contribution is -2.33. The van der Waals surface area contributed by atoms with Crippen molar-refractivity contribution >= 4 is 31.7 Å². The van der Waals surface area contributed by atoms with Crippen LogP contribution in [-0.4, -0.2) is 26.1 Å². The maximum Gasteiger partial charge on any atom is 0.221 e. The van der Waals surface area contributed by atoms with Crippen LogP contribution < -0.4 is 5.32 Å². The van der Waals surface area contributed by atoms with E-state index in [0.717, 1.165) is 30.2 Å². The van der Waals surface area contributed by atoms with Gasteiger partial charge in [0, 0.05) is 16.9 Å². The quantitative estimate of drug-likeness (QED) is 0.654. The average Bonchev–Trinajstić information content (AvgIpc) is 2.46. The van der Waals surface area contributed by atoms with Gasteiger partial charge in [-0.2, -0.15) is 0 Å². The van der Waals surface area contributed by atoms with Gasteiger partial charge in [-0.3, -0.25) is 4.79 Å².